The van der Waals surface area contributed by atoms with Crippen LogP contribution >= 0.6 is 11.6 Å². The lowest BCUT2D eigenvalue weighted by molar-refractivity contribution is -0.384. The standard InChI is InChI=1S/C16H11ClN4O4/c17-13-7-6-11(21(23)24)8-12(13)16(22)18-9-14-19-15(20-25-14)10-4-2-1-3-5-10/h1-8H,9H2,(H,18,22). The minimum Gasteiger partial charge on any atom is -0.343 e. The molecule has 0 aliphatic heterocycles. The number of carbonyl (C=O) groups excluding carboxylic acids is 1. The molecule has 3 rings (SSSR count). The van der Waals surface area contributed by atoms with Gasteiger partial charge in [0.1, 0.15) is 0 Å². The van der Waals surface area contributed by atoms with E-state index in [4.69, 9.17) is 16.1 Å². The molecular formula is C16H11ClN4O4. The van der Waals surface area contributed by atoms with Gasteiger partial charge in [-0.05, 0) is 6.07 Å². The van der Waals surface area contributed by atoms with Crippen LogP contribution in [0.25, 0.3) is 11.4 Å². The second kappa shape index (κ2) is 7.10. The lowest BCUT2D eigenvalue weighted by Gasteiger charge is -2.04. The van der Waals surface area contributed by atoms with Crippen LogP contribution in [0.3, 0.4) is 0 Å². The summed E-state index contributed by atoms with van der Waals surface area (Å²) in [6.07, 6.45) is 0. The Bertz CT molecular complexity index is 927. The van der Waals surface area contributed by atoms with E-state index in [9.17, 15) is 14.9 Å². The van der Waals surface area contributed by atoms with Crippen LogP contribution in [0.4, 0.5) is 5.69 Å². The quantitative estimate of drug-likeness (QED) is 0.553. The summed E-state index contributed by atoms with van der Waals surface area (Å²) in [6.45, 7) is -0.0301. The number of nitro benzene ring substituents is 1. The molecule has 0 saturated heterocycles. The molecule has 0 atom stereocenters. The van der Waals surface area contributed by atoms with Crippen molar-refractivity contribution in [2.75, 3.05) is 0 Å². The topological polar surface area (TPSA) is 111 Å². The maximum atomic E-state index is 12.2. The first-order valence-electron chi connectivity index (χ1n) is 7.15. The Morgan fingerprint density at radius 1 is 1.24 bits per heavy atom. The number of non-ortho nitro benzene ring substituents is 1. The van der Waals surface area contributed by atoms with Crippen LogP contribution in [0.15, 0.2) is 53.1 Å². The lowest BCUT2D eigenvalue weighted by atomic mass is 10.2. The molecule has 0 spiro atoms. The van der Waals surface area contributed by atoms with Gasteiger partial charge in [0.25, 0.3) is 11.6 Å². The number of rotatable bonds is 5. The van der Waals surface area contributed by atoms with Gasteiger partial charge in [-0.3, -0.25) is 14.9 Å². The van der Waals surface area contributed by atoms with Crippen molar-refractivity contribution in [3.63, 3.8) is 0 Å². The highest BCUT2D eigenvalue weighted by Gasteiger charge is 2.17. The fourth-order valence-corrected chi connectivity index (χ4v) is 2.29. The van der Waals surface area contributed by atoms with E-state index in [1.165, 1.54) is 12.1 Å². The van der Waals surface area contributed by atoms with E-state index in [2.05, 4.69) is 15.5 Å². The zero-order valence-electron chi connectivity index (χ0n) is 12.7. The maximum Gasteiger partial charge on any atom is 0.270 e. The van der Waals surface area contributed by atoms with Crippen molar-refractivity contribution in [1.82, 2.24) is 15.5 Å². The Kier molecular flexibility index (Phi) is 4.71. The van der Waals surface area contributed by atoms with Crippen LogP contribution in [0.1, 0.15) is 16.2 Å². The predicted molar refractivity (Wildman–Crippen MR) is 89.0 cm³/mol. The third-order valence-corrected chi connectivity index (χ3v) is 3.64. The van der Waals surface area contributed by atoms with Gasteiger partial charge in [-0.2, -0.15) is 4.98 Å². The van der Waals surface area contributed by atoms with Crippen LogP contribution in [-0.2, 0) is 6.54 Å². The van der Waals surface area contributed by atoms with Gasteiger partial charge >= 0.3 is 0 Å². The number of amides is 1. The molecule has 126 valence electrons. The second-order valence-corrected chi connectivity index (χ2v) is 5.39. The highest BCUT2D eigenvalue weighted by atomic mass is 35.5. The van der Waals surface area contributed by atoms with Crippen LogP contribution in [0.2, 0.25) is 5.02 Å². The molecule has 1 N–H and O–H groups in total. The van der Waals surface area contributed by atoms with Gasteiger partial charge in [-0.15, -0.1) is 0 Å². The SMILES string of the molecule is O=C(NCc1nc(-c2ccccc2)no1)c1cc([N+](=O)[O-])ccc1Cl. The Hall–Kier alpha value is -3.26. The molecule has 1 amide bonds. The molecular weight excluding hydrogens is 348 g/mol. The molecule has 3 aromatic rings. The minimum absolute atomic E-state index is 0.00124. The Morgan fingerprint density at radius 2 is 2.00 bits per heavy atom. The zero-order chi connectivity index (χ0) is 17.8. The van der Waals surface area contributed by atoms with Gasteiger partial charge in [0.05, 0.1) is 22.1 Å². The largest absolute Gasteiger partial charge is 0.343 e. The van der Waals surface area contributed by atoms with Crippen molar-refractivity contribution < 1.29 is 14.2 Å². The summed E-state index contributed by atoms with van der Waals surface area (Å²) >= 11 is 5.93. The number of nitrogens with zero attached hydrogens (tertiary/aromatic N) is 3. The number of benzene rings is 2. The molecule has 0 fully saturated rings. The van der Waals surface area contributed by atoms with Crippen molar-refractivity contribution in [2.24, 2.45) is 0 Å². The zero-order valence-corrected chi connectivity index (χ0v) is 13.4. The van der Waals surface area contributed by atoms with Crippen molar-refractivity contribution >= 4 is 23.2 Å². The molecule has 0 unspecified atom stereocenters. The third kappa shape index (κ3) is 3.81. The number of hydrogen-bond donors (Lipinski definition) is 1. The van der Waals surface area contributed by atoms with E-state index in [1.807, 2.05) is 30.3 Å². The van der Waals surface area contributed by atoms with Gasteiger partial charge in [0, 0.05) is 17.7 Å². The number of nitro groups is 1. The molecule has 0 saturated carbocycles. The van der Waals surface area contributed by atoms with Crippen molar-refractivity contribution in [1.29, 1.82) is 0 Å². The smallest absolute Gasteiger partial charge is 0.270 e. The summed E-state index contributed by atoms with van der Waals surface area (Å²) in [5.74, 6) is 0.0279. The third-order valence-electron chi connectivity index (χ3n) is 3.31. The first-order chi connectivity index (χ1) is 12.0. The first kappa shape index (κ1) is 16.6. The van der Waals surface area contributed by atoms with Crippen LogP contribution in [-0.4, -0.2) is 21.0 Å². The Balaban J connectivity index is 1.70. The first-order valence-corrected chi connectivity index (χ1v) is 7.52. The monoisotopic (exact) mass is 358 g/mol. The highest BCUT2D eigenvalue weighted by Crippen LogP contribution is 2.22. The molecule has 0 bridgehead atoms. The van der Waals surface area contributed by atoms with Gasteiger partial charge < -0.3 is 9.84 Å². The second-order valence-electron chi connectivity index (χ2n) is 4.98. The van der Waals surface area contributed by atoms with Crippen molar-refractivity contribution in [2.45, 2.75) is 6.54 Å². The average Bonchev–Trinajstić information content (AvgIpc) is 3.09. The minimum atomic E-state index is -0.600. The van der Waals surface area contributed by atoms with E-state index < -0.39 is 10.8 Å². The van der Waals surface area contributed by atoms with E-state index in [0.29, 0.717) is 5.82 Å². The molecule has 0 aliphatic carbocycles. The summed E-state index contributed by atoms with van der Waals surface area (Å²) < 4.78 is 5.08. The fourth-order valence-electron chi connectivity index (χ4n) is 2.08. The molecule has 1 heterocycles. The van der Waals surface area contributed by atoms with E-state index in [1.54, 1.807) is 0 Å². The number of hydrogen-bond acceptors (Lipinski definition) is 6. The predicted octanol–water partition coefficient (Wildman–Crippen LogP) is 3.23. The highest BCUT2D eigenvalue weighted by molar-refractivity contribution is 6.33. The van der Waals surface area contributed by atoms with E-state index in [-0.39, 0.29) is 28.7 Å². The average molecular weight is 359 g/mol. The van der Waals surface area contributed by atoms with Crippen LogP contribution < -0.4 is 5.32 Å². The van der Waals surface area contributed by atoms with Crippen LogP contribution in [0.5, 0.6) is 0 Å². The molecule has 1 aromatic heterocycles. The molecule has 9 heteroatoms. The maximum absolute atomic E-state index is 12.2. The summed E-state index contributed by atoms with van der Waals surface area (Å²) in [6, 6.07) is 12.9. The number of halogens is 1. The molecule has 8 nitrogen and oxygen atoms in total. The van der Waals surface area contributed by atoms with E-state index in [0.717, 1.165) is 11.6 Å². The lowest BCUT2D eigenvalue weighted by Crippen LogP contribution is -2.23. The summed E-state index contributed by atoms with van der Waals surface area (Å²) in [4.78, 5) is 26.6. The van der Waals surface area contributed by atoms with Gasteiger partial charge in [0.15, 0.2) is 0 Å². The van der Waals surface area contributed by atoms with Gasteiger partial charge in [0.2, 0.25) is 11.7 Å². The molecule has 25 heavy (non-hydrogen) atoms. The van der Waals surface area contributed by atoms with Crippen LogP contribution in [0, 0.1) is 10.1 Å². The van der Waals surface area contributed by atoms with Gasteiger partial charge in [-0.1, -0.05) is 47.1 Å². The number of nitrogens with one attached hydrogen (secondary N) is 1. The molecule has 0 radical (unpaired) electrons. The number of aromatic nitrogens is 2. The fraction of sp³-hybridized carbons (Fsp3) is 0.0625. The van der Waals surface area contributed by atoms with Gasteiger partial charge in [-0.25, -0.2) is 0 Å². The normalized spacial score (nSPS) is 10.4. The molecule has 0 aliphatic rings. The summed E-state index contributed by atoms with van der Waals surface area (Å²) in [5.41, 5.74) is 0.558. The molecule has 2 aromatic carbocycles. The number of carbonyl (C=O) groups is 1. The van der Waals surface area contributed by atoms with Crippen molar-refractivity contribution in [3.8, 4) is 11.4 Å². The Labute approximate surface area is 146 Å². The summed E-state index contributed by atoms with van der Waals surface area (Å²) in [7, 11) is 0. The summed E-state index contributed by atoms with van der Waals surface area (Å²) in [5, 5.41) is 17.3. The van der Waals surface area contributed by atoms with E-state index >= 15 is 0 Å². The van der Waals surface area contributed by atoms with Crippen molar-refractivity contribution in [3.05, 3.63) is 75.1 Å². The Morgan fingerprint density at radius 3 is 2.72 bits per heavy atom.